The van der Waals surface area contributed by atoms with E-state index < -0.39 is 6.04 Å². The lowest BCUT2D eigenvalue weighted by Crippen LogP contribution is -2.51. The van der Waals surface area contributed by atoms with E-state index in [9.17, 15) is 9.59 Å². The largest absolute Gasteiger partial charge is 0.484 e. The predicted molar refractivity (Wildman–Crippen MR) is 141 cm³/mol. The quantitative estimate of drug-likeness (QED) is 0.335. The second kappa shape index (κ2) is 13.5. The van der Waals surface area contributed by atoms with E-state index in [4.69, 9.17) is 16.3 Å². The molecular weight excluding hydrogens is 460 g/mol. The summed E-state index contributed by atoms with van der Waals surface area (Å²) < 4.78 is 5.79. The van der Waals surface area contributed by atoms with Crippen molar-refractivity contribution in [2.75, 3.05) is 13.2 Å². The Morgan fingerprint density at radius 1 is 0.971 bits per heavy atom. The van der Waals surface area contributed by atoms with Crippen LogP contribution < -0.4 is 10.1 Å². The Morgan fingerprint density at radius 2 is 1.69 bits per heavy atom. The van der Waals surface area contributed by atoms with Gasteiger partial charge in [-0.15, -0.1) is 0 Å². The highest BCUT2D eigenvalue weighted by Gasteiger charge is 2.30. The van der Waals surface area contributed by atoms with E-state index in [1.54, 1.807) is 11.0 Å². The first-order chi connectivity index (χ1) is 17.0. The lowest BCUT2D eigenvalue weighted by atomic mass is 10.0. The van der Waals surface area contributed by atoms with Crippen molar-refractivity contribution in [3.63, 3.8) is 0 Å². The zero-order valence-corrected chi connectivity index (χ0v) is 21.1. The van der Waals surface area contributed by atoms with Gasteiger partial charge in [0.2, 0.25) is 5.91 Å². The second-order valence-electron chi connectivity index (χ2n) is 8.60. The fourth-order valence-corrected chi connectivity index (χ4v) is 3.97. The molecule has 3 aromatic rings. The van der Waals surface area contributed by atoms with Crippen LogP contribution in [-0.4, -0.2) is 35.9 Å². The number of carbonyl (C=O) groups is 2. The van der Waals surface area contributed by atoms with Crippen LogP contribution in [0.3, 0.4) is 0 Å². The molecule has 184 valence electrons. The molecule has 0 unspecified atom stereocenters. The monoisotopic (exact) mass is 492 g/mol. The molecule has 0 radical (unpaired) electrons. The molecule has 0 bridgehead atoms. The lowest BCUT2D eigenvalue weighted by Gasteiger charge is -2.31. The van der Waals surface area contributed by atoms with Gasteiger partial charge in [0.25, 0.3) is 5.91 Å². The maximum Gasteiger partial charge on any atom is 0.261 e. The minimum Gasteiger partial charge on any atom is -0.484 e. The number of carbonyl (C=O) groups excluding carboxylic acids is 2. The number of aryl methyl sites for hydroxylation is 1. The Hall–Kier alpha value is -3.31. The molecule has 6 heteroatoms. The van der Waals surface area contributed by atoms with Crippen LogP contribution in [0.15, 0.2) is 78.9 Å². The fraction of sp³-hybridized carbons (Fsp3) is 0.310. The van der Waals surface area contributed by atoms with E-state index in [2.05, 4.69) is 12.2 Å². The number of amides is 2. The number of benzene rings is 3. The Kier molecular flexibility index (Phi) is 10.2. The summed E-state index contributed by atoms with van der Waals surface area (Å²) in [4.78, 5) is 28.5. The SMILES string of the molecule is CCCCNC(=O)[C@H](Cc1ccccc1)N(Cc1cccc(Cl)c1)C(=O)COc1ccc(C)cc1. The maximum atomic E-state index is 13.5. The molecule has 3 aromatic carbocycles. The Morgan fingerprint density at radius 3 is 2.37 bits per heavy atom. The van der Waals surface area contributed by atoms with Crippen molar-refractivity contribution >= 4 is 23.4 Å². The normalized spacial score (nSPS) is 11.5. The molecule has 0 heterocycles. The van der Waals surface area contributed by atoms with Crippen molar-refractivity contribution in [2.45, 2.75) is 45.7 Å². The second-order valence-corrected chi connectivity index (χ2v) is 9.04. The first-order valence-corrected chi connectivity index (χ1v) is 12.4. The van der Waals surface area contributed by atoms with Crippen LogP contribution >= 0.6 is 11.6 Å². The summed E-state index contributed by atoms with van der Waals surface area (Å²) in [5, 5.41) is 3.60. The van der Waals surface area contributed by atoms with E-state index in [0.29, 0.717) is 23.7 Å². The number of ether oxygens (including phenoxy) is 1. The number of nitrogens with zero attached hydrogens (tertiary/aromatic N) is 1. The molecule has 0 saturated carbocycles. The van der Waals surface area contributed by atoms with Gasteiger partial charge in [-0.25, -0.2) is 0 Å². The fourth-order valence-electron chi connectivity index (χ4n) is 3.75. The summed E-state index contributed by atoms with van der Waals surface area (Å²) in [6, 6.07) is 23.9. The van der Waals surface area contributed by atoms with E-state index in [-0.39, 0.29) is 25.0 Å². The van der Waals surface area contributed by atoms with Gasteiger partial charge in [-0.05, 0) is 48.7 Å². The van der Waals surface area contributed by atoms with E-state index in [0.717, 1.165) is 29.5 Å². The van der Waals surface area contributed by atoms with Gasteiger partial charge in [-0.3, -0.25) is 9.59 Å². The van der Waals surface area contributed by atoms with Crippen molar-refractivity contribution in [2.24, 2.45) is 0 Å². The van der Waals surface area contributed by atoms with E-state index in [1.807, 2.05) is 79.7 Å². The molecule has 0 fully saturated rings. The molecule has 0 saturated heterocycles. The molecular formula is C29H33ClN2O3. The summed E-state index contributed by atoms with van der Waals surface area (Å²) >= 11 is 6.21. The highest BCUT2D eigenvalue weighted by Crippen LogP contribution is 2.18. The van der Waals surface area contributed by atoms with Crippen LogP contribution in [0.5, 0.6) is 5.75 Å². The number of hydrogen-bond acceptors (Lipinski definition) is 3. The summed E-state index contributed by atoms with van der Waals surface area (Å²) in [6.07, 6.45) is 2.25. The Bertz CT molecular complexity index is 1090. The van der Waals surface area contributed by atoms with E-state index in [1.165, 1.54) is 0 Å². The predicted octanol–water partition coefficient (Wildman–Crippen LogP) is 5.58. The molecule has 0 spiro atoms. The zero-order valence-electron chi connectivity index (χ0n) is 20.4. The van der Waals surface area contributed by atoms with Crippen LogP contribution in [-0.2, 0) is 22.6 Å². The summed E-state index contributed by atoms with van der Waals surface area (Å²) in [6.45, 7) is 4.71. The third kappa shape index (κ3) is 8.45. The number of hydrogen-bond donors (Lipinski definition) is 1. The average Bonchev–Trinajstić information content (AvgIpc) is 2.86. The van der Waals surface area contributed by atoms with Crippen LogP contribution in [0.4, 0.5) is 0 Å². The molecule has 0 aliphatic carbocycles. The van der Waals surface area contributed by atoms with Gasteiger partial charge >= 0.3 is 0 Å². The molecule has 5 nitrogen and oxygen atoms in total. The highest BCUT2D eigenvalue weighted by atomic mass is 35.5. The van der Waals surface area contributed by atoms with Gasteiger partial charge < -0.3 is 15.0 Å². The molecule has 1 N–H and O–H groups in total. The van der Waals surface area contributed by atoms with Crippen LogP contribution in [0.1, 0.15) is 36.5 Å². The van der Waals surface area contributed by atoms with Gasteiger partial charge in [0.1, 0.15) is 11.8 Å². The van der Waals surface area contributed by atoms with Crippen molar-refractivity contribution in [3.8, 4) is 5.75 Å². The van der Waals surface area contributed by atoms with Gasteiger partial charge in [0.15, 0.2) is 6.61 Å². The first kappa shape index (κ1) is 26.3. The Labute approximate surface area is 213 Å². The summed E-state index contributed by atoms with van der Waals surface area (Å²) in [5.41, 5.74) is 2.94. The standard InChI is InChI=1S/C29H33ClN2O3/c1-3-4-17-31-29(34)27(19-23-9-6-5-7-10-23)32(20-24-11-8-12-25(30)18-24)28(33)21-35-26-15-13-22(2)14-16-26/h5-16,18,27H,3-4,17,19-21H2,1-2H3,(H,31,34)/t27-/m0/s1. The van der Waals surface area contributed by atoms with E-state index >= 15 is 0 Å². The minimum absolute atomic E-state index is 0.169. The molecule has 0 aliphatic rings. The van der Waals surface area contributed by atoms with Gasteiger partial charge in [-0.1, -0.05) is 85.1 Å². The number of halogens is 1. The number of rotatable bonds is 12. The van der Waals surface area contributed by atoms with Crippen LogP contribution in [0, 0.1) is 6.92 Å². The first-order valence-electron chi connectivity index (χ1n) is 12.0. The molecule has 0 aromatic heterocycles. The van der Waals surface area contributed by atoms with Gasteiger partial charge in [0, 0.05) is 24.5 Å². The lowest BCUT2D eigenvalue weighted by molar-refractivity contribution is -0.142. The van der Waals surface area contributed by atoms with Crippen molar-refractivity contribution in [1.82, 2.24) is 10.2 Å². The van der Waals surface area contributed by atoms with Crippen LogP contribution in [0.2, 0.25) is 5.02 Å². The zero-order chi connectivity index (χ0) is 25.0. The Balaban J connectivity index is 1.87. The third-order valence-corrected chi connectivity index (χ3v) is 5.96. The van der Waals surface area contributed by atoms with Gasteiger partial charge in [0.05, 0.1) is 0 Å². The molecule has 3 rings (SSSR count). The summed E-state index contributed by atoms with van der Waals surface area (Å²) in [5.74, 6) is 0.170. The number of nitrogens with one attached hydrogen (secondary N) is 1. The summed E-state index contributed by atoms with van der Waals surface area (Å²) in [7, 11) is 0. The molecule has 35 heavy (non-hydrogen) atoms. The van der Waals surface area contributed by atoms with Crippen molar-refractivity contribution in [3.05, 3.63) is 101 Å². The maximum absolute atomic E-state index is 13.5. The van der Waals surface area contributed by atoms with Crippen molar-refractivity contribution < 1.29 is 14.3 Å². The number of unbranched alkanes of at least 4 members (excludes halogenated alkanes) is 1. The highest BCUT2D eigenvalue weighted by molar-refractivity contribution is 6.30. The molecule has 0 aliphatic heterocycles. The smallest absolute Gasteiger partial charge is 0.261 e. The molecule has 1 atom stereocenters. The van der Waals surface area contributed by atoms with Crippen molar-refractivity contribution in [1.29, 1.82) is 0 Å². The topological polar surface area (TPSA) is 58.6 Å². The third-order valence-electron chi connectivity index (χ3n) is 5.73. The van der Waals surface area contributed by atoms with Gasteiger partial charge in [-0.2, -0.15) is 0 Å². The average molecular weight is 493 g/mol. The van der Waals surface area contributed by atoms with Crippen LogP contribution in [0.25, 0.3) is 0 Å². The minimum atomic E-state index is -0.692. The molecule has 2 amide bonds.